The van der Waals surface area contributed by atoms with E-state index in [4.69, 9.17) is 9.52 Å². The maximum atomic E-state index is 11.4. The fourth-order valence-corrected chi connectivity index (χ4v) is 1.89. The van der Waals surface area contributed by atoms with Gasteiger partial charge in [0.1, 0.15) is 5.76 Å². The Morgan fingerprint density at radius 1 is 1.47 bits per heavy atom. The minimum absolute atomic E-state index is 0.0904. The molecule has 0 fully saturated rings. The second-order valence-corrected chi connectivity index (χ2v) is 5.56. The highest BCUT2D eigenvalue weighted by Gasteiger charge is 2.15. The summed E-state index contributed by atoms with van der Waals surface area (Å²) in [5, 5.41) is 12.0. The smallest absolute Gasteiger partial charge is 0.273 e. The van der Waals surface area contributed by atoms with Gasteiger partial charge in [-0.15, -0.1) is 0 Å². The zero-order valence-corrected chi connectivity index (χ0v) is 10.8. The minimum atomic E-state index is -3.51. The van der Waals surface area contributed by atoms with Gasteiger partial charge in [0.05, 0.1) is 12.6 Å². The average molecular weight is 262 g/mol. The van der Waals surface area contributed by atoms with E-state index in [1.165, 1.54) is 13.1 Å². The summed E-state index contributed by atoms with van der Waals surface area (Å²) < 4.78 is 30.1. The molecule has 0 aromatic carbocycles. The van der Waals surface area contributed by atoms with Crippen molar-refractivity contribution in [1.29, 1.82) is 0 Å². The van der Waals surface area contributed by atoms with Crippen LogP contribution < -0.4 is 10.0 Å². The number of nitrogens with one attached hydrogen (secondary N) is 2. The van der Waals surface area contributed by atoms with Crippen LogP contribution >= 0.6 is 0 Å². The van der Waals surface area contributed by atoms with Crippen LogP contribution in [0.25, 0.3) is 0 Å². The van der Waals surface area contributed by atoms with Crippen LogP contribution in [0, 0.1) is 0 Å². The number of aliphatic hydroxyl groups excluding tert-OH is 1. The molecule has 0 aliphatic heterocycles. The third-order valence-corrected chi connectivity index (χ3v) is 3.50. The molecule has 1 rings (SSSR count). The highest BCUT2D eigenvalue weighted by atomic mass is 32.2. The Morgan fingerprint density at radius 3 is 2.76 bits per heavy atom. The molecular formula is C10H18N2O4S. The van der Waals surface area contributed by atoms with E-state index in [1.54, 1.807) is 13.0 Å². The quantitative estimate of drug-likeness (QED) is 0.604. The number of furan rings is 1. The van der Waals surface area contributed by atoms with Crippen LogP contribution in [0.2, 0.25) is 0 Å². The lowest BCUT2D eigenvalue weighted by Gasteiger charge is -2.04. The van der Waals surface area contributed by atoms with Crippen LogP contribution in [0.4, 0.5) is 0 Å². The molecule has 1 heterocycles. The second-order valence-electron chi connectivity index (χ2n) is 3.74. The highest BCUT2D eigenvalue weighted by Crippen LogP contribution is 2.13. The summed E-state index contributed by atoms with van der Waals surface area (Å²) in [6.07, 6.45) is 0.293. The van der Waals surface area contributed by atoms with Gasteiger partial charge in [0.2, 0.25) is 5.09 Å². The molecule has 17 heavy (non-hydrogen) atoms. The first-order chi connectivity index (χ1) is 7.95. The van der Waals surface area contributed by atoms with Gasteiger partial charge in [0, 0.05) is 0 Å². The fourth-order valence-electron chi connectivity index (χ4n) is 1.22. The van der Waals surface area contributed by atoms with Crippen LogP contribution in [-0.2, 0) is 16.6 Å². The first-order valence-corrected chi connectivity index (χ1v) is 6.85. The first kappa shape index (κ1) is 14.2. The summed E-state index contributed by atoms with van der Waals surface area (Å²) in [7, 11) is -2.17. The summed E-state index contributed by atoms with van der Waals surface area (Å²) in [6, 6.07) is 3.02. The van der Waals surface area contributed by atoms with Crippen LogP contribution in [0.15, 0.2) is 21.6 Å². The van der Waals surface area contributed by atoms with Gasteiger partial charge >= 0.3 is 0 Å². The SMILES string of the molecule is CNS(=O)(=O)c1ccc(CNCCC(C)O)o1. The number of rotatable bonds is 7. The van der Waals surface area contributed by atoms with Gasteiger partial charge in [-0.3, -0.25) is 0 Å². The lowest BCUT2D eigenvalue weighted by Crippen LogP contribution is -2.19. The molecule has 98 valence electrons. The van der Waals surface area contributed by atoms with Crippen molar-refractivity contribution in [2.75, 3.05) is 13.6 Å². The van der Waals surface area contributed by atoms with Gasteiger partial charge in [0.25, 0.3) is 10.0 Å². The zero-order chi connectivity index (χ0) is 12.9. The molecular weight excluding hydrogens is 244 g/mol. The van der Waals surface area contributed by atoms with E-state index in [-0.39, 0.29) is 11.2 Å². The molecule has 0 amide bonds. The summed E-state index contributed by atoms with van der Waals surface area (Å²) >= 11 is 0. The Hall–Kier alpha value is -0.890. The molecule has 0 saturated heterocycles. The van der Waals surface area contributed by atoms with Crippen molar-refractivity contribution in [2.24, 2.45) is 0 Å². The first-order valence-electron chi connectivity index (χ1n) is 5.36. The second kappa shape index (κ2) is 6.15. The summed E-state index contributed by atoms with van der Waals surface area (Å²) in [4.78, 5) is 0. The average Bonchev–Trinajstić information content (AvgIpc) is 2.73. The van der Waals surface area contributed by atoms with Crippen molar-refractivity contribution >= 4 is 10.0 Å². The van der Waals surface area contributed by atoms with Gasteiger partial charge in [-0.05, 0) is 39.1 Å². The van der Waals surface area contributed by atoms with Gasteiger partial charge in [-0.25, -0.2) is 13.1 Å². The van der Waals surface area contributed by atoms with E-state index in [0.29, 0.717) is 25.3 Å². The van der Waals surface area contributed by atoms with Crippen molar-refractivity contribution in [3.63, 3.8) is 0 Å². The lowest BCUT2D eigenvalue weighted by atomic mass is 10.3. The maximum Gasteiger partial charge on any atom is 0.273 e. The van der Waals surface area contributed by atoms with Crippen LogP contribution in [0.3, 0.4) is 0 Å². The largest absolute Gasteiger partial charge is 0.447 e. The number of hydrogen-bond donors (Lipinski definition) is 3. The van der Waals surface area contributed by atoms with Crippen LogP contribution in [0.1, 0.15) is 19.1 Å². The lowest BCUT2D eigenvalue weighted by molar-refractivity contribution is 0.183. The summed E-state index contributed by atoms with van der Waals surface area (Å²) in [6.45, 7) is 2.80. The predicted octanol–water partition coefficient (Wildman–Crippen LogP) is 0.0482. The van der Waals surface area contributed by atoms with Crippen molar-refractivity contribution in [3.05, 3.63) is 17.9 Å². The summed E-state index contributed by atoms with van der Waals surface area (Å²) in [5.74, 6) is 0.546. The van der Waals surface area contributed by atoms with Crippen molar-refractivity contribution in [3.8, 4) is 0 Å². The molecule has 0 aliphatic carbocycles. The molecule has 1 aromatic rings. The fraction of sp³-hybridized carbons (Fsp3) is 0.600. The third-order valence-electron chi connectivity index (χ3n) is 2.21. The van der Waals surface area contributed by atoms with Gasteiger partial charge in [0.15, 0.2) is 0 Å². The van der Waals surface area contributed by atoms with E-state index in [0.717, 1.165) is 0 Å². The van der Waals surface area contributed by atoms with E-state index in [2.05, 4.69) is 10.0 Å². The normalized spacial score (nSPS) is 13.8. The minimum Gasteiger partial charge on any atom is -0.447 e. The molecule has 0 aliphatic rings. The molecule has 0 spiro atoms. The number of aliphatic hydroxyl groups is 1. The van der Waals surface area contributed by atoms with Gasteiger partial charge in [-0.2, -0.15) is 0 Å². The van der Waals surface area contributed by atoms with E-state index >= 15 is 0 Å². The molecule has 1 aromatic heterocycles. The summed E-state index contributed by atoms with van der Waals surface area (Å²) in [5.41, 5.74) is 0. The Bertz CT molecular complexity index is 439. The van der Waals surface area contributed by atoms with Gasteiger partial charge in [-0.1, -0.05) is 0 Å². The van der Waals surface area contributed by atoms with Gasteiger partial charge < -0.3 is 14.8 Å². The molecule has 3 N–H and O–H groups in total. The third kappa shape index (κ3) is 4.47. The van der Waals surface area contributed by atoms with Crippen molar-refractivity contribution < 1.29 is 17.9 Å². The standard InChI is InChI=1S/C10H18N2O4S/c1-8(13)5-6-12-7-9-3-4-10(16-9)17(14,15)11-2/h3-4,8,11-13H,5-7H2,1-2H3. The van der Waals surface area contributed by atoms with E-state index in [9.17, 15) is 8.42 Å². The molecule has 0 radical (unpaired) electrons. The maximum absolute atomic E-state index is 11.4. The van der Waals surface area contributed by atoms with E-state index < -0.39 is 10.0 Å². The topological polar surface area (TPSA) is 91.6 Å². The monoisotopic (exact) mass is 262 g/mol. The predicted molar refractivity (Wildman–Crippen MR) is 63.0 cm³/mol. The molecule has 0 saturated carbocycles. The Morgan fingerprint density at radius 2 is 2.18 bits per heavy atom. The van der Waals surface area contributed by atoms with Crippen LogP contribution in [0.5, 0.6) is 0 Å². The zero-order valence-electron chi connectivity index (χ0n) is 9.93. The molecule has 1 unspecified atom stereocenters. The molecule has 7 heteroatoms. The van der Waals surface area contributed by atoms with Crippen molar-refractivity contribution in [2.45, 2.75) is 31.1 Å². The highest BCUT2D eigenvalue weighted by molar-refractivity contribution is 7.89. The molecule has 1 atom stereocenters. The molecule has 0 bridgehead atoms. The van der Waals surface area contributed by atoms with E-state index in [1.807, 2.05) is 0 Å². The Kier molecular flexibility index (Phi) is 5.13. The van der Waals surface area contributed by atoms with Crippen molar-refractivity contribution in [1.82, 2.24) is 10.0 Å². The molecule has 6 nitrogen and oxygen atoms in total. The number of sulfonamides is 1. The Balaban J connectivity index is 2.47. The number of hydrogen-bond acceptors (Lipinski definition) is 5. The van der Waals surface area contributed by atoms with Crippen LogP contribution in [-0.4, -0.2) is 33.2 Å². The Labute approximate surface area is 101 Å².